The fourth-order valence-corrected chi connectivity index (χ4v) is 5.35. The number of nitrogens with zero attached hydrogens (tertiary/aromatic N) is 1. The zero-order chi connectivity index (χ0) is 16.8. The number of hydrogen-bond donors (Lipinski definition) is 1. The van der Waals surface area contributed by atoms with Gasteiger partial charge in [-0.15, -0.1) is 11.6 Å². The van der Waals surface area contributed by atoms with Gasteiger partial charge in [0.25, 0.3) is 10.1 Å². The lowest BCUT2D eigenvalue weighted by atomic mass is 10.4. The second kappa shape index (κ2) is 8.58. The molecular formula is C13H20ClN2O5PS. The van der Waals surface area contributed by atoms with Crippen molar-refractivity contribution < 1.29 is 21.7 Å². The van der Waals surface area contributed by atoms with Crippen LogP contribution in [0.2, 0.25) is 0 Å². The van der Waals surface area contributed by atoms with Crippen molar-refractivity contribution >= 4 is 29.4 Å². The van der Waals surface area contributed by atoms with Gasteiger partial charge in [0.1, 0.15) is 0 Å². The van der Waals surface area contributed by atoms with Gasteiger partial charge in [0.15, 0.2) is 0 Å². The highest BCUT2D eigenvalue weighted by atomic mass is 35.5. The summed E-state index contributed by atoms with van der Waals surface area (Å²) < 4.78 is 48.5. The van der Waals surface area contributed by atoms with Gasteiger partial charge in [-0.25, -0.2) is 9.76 Å². The van der Waals surface area contributed by atoms with Crippen LogP contribution < -0.4 is 5.09 Å². The van der Waals surface area contributed by atoms with Crippen molar-refractivity contribution in [3.8, 4) is 0 Å². The summed E-state index contributed by atoms with van der Waals surface area (Å²) in [6.07, 6.45) is 0.779. The molecule has 7 nitrogen and oxygen atoms in total. The Balaban J connectivity index is 1.85. The molecule has 130 valence electrons. The van der Waals surface area contributed by atoms with Gasteiger partial charge < -0.3 is 4.52 Å². The zero-order valence-electron chi connectivity index (χ0n) is 12.6. The van der Waals surface area contributed by atoms with Gasteiger partial charge in [-0.2, -0.15) is 8.42 Å². The first-order valence-corrected chi connectivity index (χ1v) is 10.8. The Morgan fingerprint density at radius 3 is 2.78 bits per heavy atom. The topological polar surface area (TPSA) is 84.9 Å². The maximum atomic E-state index is 12.7. The van der Waals surface area contributed by atoms with Crippen LogP contribution in [0.25, 0.3) is 0 Å². The lowest BCUT2D eigenvalue weighted by Crippen LogP contribution is -2.37. The Kier molecular flexibility index (Phi) is 7.03. The first kappa shape index (κ1) is 18.9. The number of nitrogens with one attached hydrogen (secondary N) is 1. The molecule has 1 aromatic rings. The van der Waals surface area contributed by atoms with Crippen LogP contribution in [0.4, 0.5) is 0 Å². The smallest absolute Gasteiger partial charge is 0.306 e. The van der Waals surface area contributed by atoms with Gasteiger partial charge in [0, 0.05) is 25.5 Å². The van der Waals surface area contributed by atoms with E-state index >= 15 is 0 Å². The summed E-state index contributed by atoms with van der Waals surface area (Å²) in [6.45, 7) is 1.41. The molecule has 0 amide bonds. The molecule has 1 aliphatic rings. The van der Waals surface area contributed by atoms with Crippen LogP contribution in [0.3, 0.4) is 0 Å². The predicted molar refractivity (Wildman–Crippen MR) is 88.1 cm³/mol. The third kappa shape index (κ3) is 5.26. The van der Waals surface area contributed by atoms with E-state index in [0.717, 1.165) is 6.42 Å². The summed E-state index contributed by atoms with van der Waals surface area (Å²) in [4.78, 5) is 0.0873. The van der Waals surface area contributed by atoms with Crippen LogP contribution in [-0.2, 0) is 23.4 Å². The number of hydrogen-bond acceptors (Lipinski definition) is 5. The predicted octanol–water partition coefficient (Wildman–Crippen LogP) is 2.05. The van der Waals surface area contributed by atoms with Crippen molar-refractivity contribution in [2.45, 2.75) is 11.3 Å². The van der Waals surface area contributed by atoms with Crippen LogP contribution in [0, 0.1) is 0 Å². The molecule has 0 aromatic heterocycles. The average molecular weight is 383 g/mol. The van der Waals surface area contributed by atoms with Crippen LogP contribution in [-0.4, -0.2) is 51.8 Å². The Morgan fingerprint density at radius 1 is 1.35 bits per heavy atom. The van der Waals surface area contributed by atoms with E-state index < -0.39 is 17.8 Å². The van der Waals surface area contributed by atoms with E-state index in [1.165, 1.54) is 12.1 Å². The highest BCUT2D eigenvalue weighted by Gasteiger charge is 2.34. The summed E-state index contributed by atoms with van der Waals surface area (Å²) in [5.74, 6) is 0.341. The summed E-state index contributed by atoms with van der Waals surface area (Å²) in [6, 6.07) is 7.87. The summed E-state index contributed by atoms with van der Waals surface area (Å²) in [7, 11) is -6.98. The van der Waals surface area contributed by atoms with Gasteiger partial charge in [-0.1, -0.05) is 18.2 Å². The Hall–Kier alpha value is -0.470. The number of alkyl halides is 1. The summed E-state index contributed by atoms with van der Waals surface area (Å²) in [5.41, 5.74) is 0. The van der Waals surface area contributed by atoms with E-state index in [1.807, 2.05) is 0 Å². The Morgan fingerprint density at radius 2 is 2.09 bits per heavy atom. The molecule has 1 aliphatic heterocycles. The van der Waals surface area contributed by atoms with E-state index in [2.05, 4.69) is 5.09 Å². The van der Waals surface area contributed by atoms with Crippen LogP contribution in [0.1, 0.15) is 6.42 Å². The monoisotopic (exact) mass is 382 g/mol. The molecule has 0 spiro atoms. The highest BCUT2D eigenvalue weighted by molar-refractivity contribution is 7.86. The van der Waals surface area contributed by atoms with E-state index in [4.69, 9.17) is 20.3 Å². The highest BCUT2D eigenvalue weighted by Crippen LogP contribution is 2.48. The van der Waals surface area contributed by atoms with Crippen LogP contribution in [0.15, 0.2) is 35.2 Å². The van der Waals surface area contributed by atoms with E-state index in [1.54, 1.807) is 22.9 Å². The Bertz CT molecular complexity index is 641. The molecule has 0 bridgehead atoms. The maximum absolute atomic E-state index is 12.7. The average Bonchev–Trinajstić information content (AvgIpc) is 2.55. The lowest BCUT2D eigenvalue weighted by Gasteiger charge is -2.34. The van der Waals surface area contributed by atoms with Gasteiger partial charge in [0.05, 0.1) is 18.1 Å². The second-order valence-electron chi connectivity index (χ2n) is 4.85. The third-order valence-electron chi connectivity index (χ3n) is 3.23. The molecule has 1 fully saturated rings. The molecule has 1 unspecified atom stereocenters. The molecule has 1 N–H and O–H groups in total. The molecule has 1 aromatic carbocycles. The molecule has 1 saturated heterocycles. The number of rotatable bonds is 8. The molecule has 10 heteroatoms. The van der Waals surface area contributed by atoms with E-state index in [9.17, 15) is 13.0 Å². The molecule has 1 atom stereocenters. The molecule has 0 aliphatic carbocycles. The van der Waals surface area contributed by atoms with Crippen molar-refractivity contribution in [3.05, 3.63) is 30.3 Å². The van der Waals surface area contributed by atoms with Gasteiger partial charge >= 0.3 is 7.67 Å². The largest absolute Gasteiger partial charge is 0.343 e. The van der Waals surface area contributed by atoms with Crippen molar-refractivity contribution in [2.75, 3.05) is 38.7 Å². The minimum absolute atomic E-state index is 0.0854. The third-order valence-corrected chi connectivity index (χ3v) is 7.02. The minimum atomic E-state index is -3.81. The first-order valence-electron chi connectivity index (χ1n) is 7.23. The van der Waals surface area contributed by atoms with Gasteiger partial charge in [-0.3, -0.25) is 8.75 Å². The van der Waals surface area contributed by atoms with Crippen LogP contribution >= 0.6 is 19.3 Å². The fraction of sp³-hybridized carbons (Fsp3) is 0.538. The van der Waals surface area contributed by atoms with E-state index in [-0.39, 0.29) is 18.0 Å². The van der Waals surface area contributed by atoms with Crippen molar-refractivity contribution in [1.29, 1.82) is 0 Å². The maximum Gasteiger partial charge on any atom is 0.343 e. The zero-order valence-corrected chi connectivity index (χ0v) is 15.0. The number of halogens is 1. The molecule has 23 heavy (non-hydrogen) atoms. The first-order chi connectivity index (χ1) is 11.0. The van der Waals surface area contributed by atoms with Crippen molar-refractivity contribution in [1.82, 2.24) is 9.76 Å². The molecule has 0 radical (unpaired) electrons. The minimum Gasteiger partial charge on any atom is -0.306 e. The molecular weight excluding hydrogens is 363 g/mol. The molecule has 1 heterocycles. The van der Waals surface area contributed by atoms with Crippen LogP contribution in [0.5, 0.6) is 0 Å². The SMILES string of the molecule is O=P1(NCCOS(=O)(=O)c2ccccc2)OCCCN1CCCl. The lowest BCUT2D eigenvalue weighted by molar-refractivity contribution is 0.200. The van der Waals surface area contributed by atoms with E-state index in [0.29, 0.717) is 25.6 Å². The summed E-state index contributed by atoms with van der Waals surface area (Å²) >= 11 is 5.70. The fourth-order valence-electron chi connectivity index (χ4n) is 2.13. The molecule has 2 rings (SSSR count). The number of benzene rings is 1. The normalized spacial score (nSPS) is 23.0. The second-order valence-corrected chi connectivity index (χ2v) is 9.02. The van der Waals surface area contributed by atoms with Crippen molar-refractivity contribution in [2.24, 2.45) is 0 Å². The van der Waals surface area contributed by atoms with Gasteiger partial charge in [0.2, 0.25) is 0 Å². The van der Waals surface area contributed by atoms with Crippen molar-refractivity contribution in [3.63, 3.8) is 0 Å². The van der Waals surface area contributed by atoms with Gasteiger partial charge in [-0.05, 0) is 18.6 Å². The quantitative estimate of drug-likeness (QED) is 0.319. The Labute approximate surface area is 141 Å². The molecule has 0 saturated carbocycles. The standard InChI is InChI=1S/C13H20ClN2O5PS/c14-7-10-16-9-4-11-20-22(16,17)15-8-12-21-23(18,19)13-5-2-1-3-6-13/h1-3,5-6H,4,7-12H2,(H,15,17). The summed E-state index contributed by atoms with van der Waals surface area (Å²) in [5, 5.41) is 2.77.